The molecule has 0 bridgehead atoms. The minimum Gasteiger partial charge on any atom is -0.469 e. The van der Waals surface area contributed by atoms with Crippen LogP contribution in [0.1, 0.15) is 23.0 Å². The van der Waals surface area contributed by atoms with Gasteiger partial charge in [-0.15, -0.1) is 0 Å². The first-order chi connectivity index (χ1) is 7.19. The molecule has 0 spiro atoms. The van der Waals surface area contributed by atoms with Crippen LogP contribution in [0.15, 0.2) is 16.7 Å². The molecule has 0 atom stereocenters. The maximum atomic E-state index is 11.5. The molecule has 1 amide bonds. The first-order valence-electron chi connectivity index (χ1n) is 4.60. The quantitative estimate of drug-likeness (QED) is 0.746. The zero-order valence-electron chi connectivity index (χ0n) is 8.70. The molecule has 15 heavy (non-hydrogen) atoms. The van der Waals surface area contributed by atoms with Gasteiger partial charge in [-0.05, 0) is 6.07 Å². The van der Waals surface area contributed by atoms with Gasteiger partial charge in [-0.2, -0.15) is 0 Å². The van der Waals surface area contributed by atoms with Crippen LogP contribution >= 0.6 is 0 Å². The number of amides is 1. The van der Waals surface area contributed by atoms with E-state index in [1.807, 2.05) is 6.92 Å². The summed E-state index contributed by atoms with van der Waals surface area (Å²) in [6.07, 6.45) is 2.08. The predicted molar refractivity (Wildman–Crippen MR) is 52.4 cm³/mol. The van der Waals surface area contributed by atoms with Crippen molar-refractivity contribution in [3.63, 3.8) is 0 Å². The molecule has 0 saturated carbocycles. The molecule has 5 heteroatoms. The highest BCUT2D eigenvalue weighted by atomic mass is 16.5. The molecule has 0 radical (unpaired) electrons. The smallest absolute Gasteiger partial charge is 0.325 e. The number of aryl methyl sites for hydroxylation is 1. The summed E-state index contributed by atoms with van der Waals surface area (Å²) in [6.45, 7) is 1.75. The lowest BCUT2D eigenvalue weighted by atomic mass is 10.2. The third kappa shape index (κ3) is 2.83. The van der Waals surface area contributed by atoms with E-state index in [0.29, 0.717) is 17.7 Å². The van der Waals surface area contributed by atoms with Gasteiger partial charge in [0.1, 0.15) is 12.3 Å². The van der Waals surface area contributed by atoms with E-state index in [0.717, 1.165) is 0 Å². The van der Waals surface area contributed by atoms with Crippen molar-refractivity contribution in [2.75, 3.05) is 13.7 Å². The Hall–Kier alpha value is -1.78. The molecule has 0 aliphatic carbocycles. The molecule has 1 rings (SSSR count). The highest BCUT2D eigenvalue weighted by molar-refractivity contribution is 5.96. The number of nitrogens with one attached hydrogen (secondary N) is 1. The summed E-state index contributed by atoms with van der Waals surface area (Å²) in [5, 5.41) is 2.44. The van der Waals surface area contributed by atoms with Crippen LogP contribution in [0.2, 0.25) is 0 Å². The van der Waals surface area contributed by atoms with Crippen molar-refractivity contribution in [1.29, 1.82) is 0 Å². The highest BCUT2D eigenvalue weighted by Gasteiger charge is 2.13. The summed E-state index contributed by atoms with van der Waals surface area (Å²) in [7, 11) is 1.27. The average molecular weight is 211 g/mol. The summed E-state index contributed by atoms with van der Waals surface area (Å²) in [4.78, 5) is 22.3. The third-order valence-electron chi connectivity index (χ3n) is 1.93. The standard InChI is InChI=1S/C10H13NO4/c1-3-8-7(4-5-15-8)10(13)11-6-9(12)14-2/h4-5H,3,6H2,1-2H3,(H,11,13). The van der Waals surface area contributed by atoms with Gasteiger partial charge in [0.2, 0.25) is 0 Å². The van der Waals surface area contributed by atoms with Crippen LogP contribution in [0, 0.1) is 0 Å². The Morgan fingerprint density at radius 1 is 1.53 bits per heavy atom. The summed E-state index contributed by atoms with van der Waals surface area (Å²) in [5.41, 5.74) is 0.460. The van der Waals surface area contributed by atoms with Crippen molar-refractivity contribution < 1.29 is 18.7 Å². The van der Waals surface area contributed by atoms with E-state index in [4.69, 9.17) is 4.42 Å². The average Bonchev–Trinajstić information content (AvgIpc) is 2.73. The largest absolute Gasteiger partial charge is 0.469 e. The summed E-state index contributed by atoms with van der Waals surface area (Å²) in [6, 6.07) is 1.57. The molecule has 0 fully saturated rings. The lowest BCUT2D eigenvalue weighted by Gasteiger charge is -2.02. The second-order valence-electron chi connectivity index (χ2n) is 2.87. The number of furan rings is 1. The molecule has 82 valence electrons. The first-order valence-corrected chi connectivity index (χ1v) is 4.60. The Bertz CT molecular complexity index is 356. The number of esters is 1. The summed E-state index contributed by atoms with van der Waals surface area (Å²) < 4.78 is 9.49. The number of carbonyl (C=O) groups is 2. The highest BCUT2D eigenvalue weighted by Crippen LogP contribution is 2.10. The minimum absolute atomic E-state index is 0.135. The van der Waals surface area contributed by atoms with Crippen molar-refractivity contribution in [2.45, 2.75) is 13.3 Å². The van der Waals surface area contributed by atoms with E-state index >= 15 is 0 Å². The van der Waals surface area contributed by atoms with Gasteiger partial charge in [-0.25, -0.2) is 0 Å². The third-order valence-corrected chi connectivity index (χ3v) is 1.93. The van der Waals surface area contributed by atoms with E-state index in [1.54, 1.807) is 6.07 Å². The number of methoxy groups -OCH3 is 1. The Balaban J connectivity index is 2.57. The van der Waals surface area contributed by atoms with E-state index in [1.165, 1.54) is 13.4 Å². The van der Waals surface area contributed by atoms with E-state index in [9.17, 15) is 9.59 Å². The van der Waals surface area contributed by atoms with Gasteiger partial charge in [0.15, 0.2) is 0 Å². The van der Waals surface area contributed by atoms with Gasteiger partial charge < -0.3 is 14.5 Å². The van der Waals surface area contributed by atoms with Gasteiger partial charge in [0.25, 0.3) is 5.91 Å². The molecular formula is C10H13NO4. The van der Waals surface area contributed by atoms with Crippen molar-refractivity contribution in [2.24, 2.45) is 0 Å². The number of hydrogen-bond acceptors (Lipinski definition) is 4. The van der Waals surface area contributed by atoms with Crippen LogP contribution in [0.3, 0.4) is 0 Å². The maximum Gasteiger partial charge on any atom is 0.325 e. The van der Waals surface area contributed by atoms with Crippen LogP contribution in [0.4, 0.5) is 0 Å². The number of carbonyl (C=O) groups excluding carboxylic acids is 2. The normalized spacial score (nSPS) is 9.73. The minimum atomic E-state index is -0.482. The fourth-order valence-electron chi connectivity index (χ4n) is 1.14. The Labute approximate surface area is 87.4 Å². The predicted octanol–water partition coefficient (Wildman–Crippen LogP) is 0.745. The van der Waals surface area contributed by atoms with Gasteiger partial charge in [0, 0.05) is 6.42 Å². The second kappa shape index (κ2) is 5.19. The Kier molecular flexibility index (Phi) is 3.91. The molecule has 1 aromatic heterocycles. The molecule has 0 unspecified atom stereocenters. The van der Waals surface area contributed by atoms with Crippen LogP contribution in [-0.2, 0) is 16.0 Å². The second-order valence-corrected chi connectivity index (χ2v) is 2.87. The number of hydrogen-bond donors (Lipinski definition) is 1. The van der Waals surface area contributed by atoms with E-state index in [-0.39, 0.29) is 12.5 Å². The topological polar surface area (TPSA) is 68.5 Å². The number of ether oxygens (including phenoxy) is 1. The van der Waals surface area contributed by atoms with Crippen molar-refractivity contribution >= 4 is 11.9 Å². The molecule has 1 aromatic rings. The van der Waals surface area contributed by atoms with E-state index in [2.05, 4.69) is 10.1 Å². The van der Waals surface area contributed by atoms with Gasteiger partial charge >= 0.3 is 5.97 Å². The van der Waals surface area contributed by atoms with Crippen molar-refractivity contribution in [3.8, 4) is 0 Å². The summed E-state index contributed by atoms with van der Waals surface area (Å²) >= 11 is 0. The van der Waals surface area contributed by atoms with Crippen LogP contribution in [0.5, 0.6) is 0 Å². The fourth-order valence-corrected chi connectivity index (χ4v) is 1.14. The molecule has 0 aromatic carbocycles. The molecular weight excluding hydrogens is 198 g/mol. The van der Waals surface area contributed by atoms with Crippen LogP contribution in [0.25, 0.3) is 0 Å². The van der Waals surface area contributed by atoms with Gasteiger partial charge in [0.05, 0.1) is 18.9 Å². The Morgan fingerprint density at radius 2 is 2.27 bits per heavy atom. The maximum absolute atomic E-state index is 11.5. The fraction of sp³-hybridized carbons (Fsp3) is 0.400. The zero-order chi connectivity index (χ0) is 11.3. The number of rotatable bonds is 4. The molecule has 1 N–H and O–H groups in total. The monoisotopic (exact) mass is 211 g/mol. The van der Waals surface area contributed by atoms with Crippen molar-refractivity contribution in [1.82, 2.24) is 5.32 Å². The van der Waals surface area contributed by atoms with Gasteiger partial charge in [-0.1, -0.05) is 6.92 Å². The SMILES string of the molecule is CCc1occc1C(=O)NCC(=O)OC. The Morgan fingerprint density at radius 3 is 2.87 bits per heavy atom. The first kappa shape index (κ1) is 11.3. The van der Waals surface area contributed by atoms with Crippen LogP contribution < -0.4 is 5.32 Å². The lowest BCUT2D eigenvalue weighted by Crippen LogP contribution is -2.30. The molecule has 1 heterocycles. The summed E-state index contributed by atoms with van der Waals surface area (Å²) in [5.74, 6) is -0.201. The van der Waals surface area contributed by atoms with Gasteiger partial charge in [-0.3, -0.25) is 9.59 Å². The molecule has 0 saturated heterocycles. The van der Waals surface area contributed by atoms with Crippen molar-refractivity contribution in [3.05, 3.63) is 23.7 Å². The van der Waals surface area contributed by atoms with Crippen LogP contribution in [-0.4, -0.2) is 25.5 Å². The molecule has 5 nitrogen and oxygen atoms in total. The zero-order valence-corrected chi connectivity index (χ0v) is 8.70. The lowest BCUT2D eigenvalue weighted by molar-refractivity contribution is -0.139. The molecule has 0 aliphatic rings. The molecule has 0 aliphatic heterocycles. The van der Waals surface area contributed by atoms with E-state index < -0.39 is 5.97 Å².